The summed E-state index contributed by atoms with van der Waals surface area (Å²) >= 11 is 0. The van der Waals surface area contributed by atoms with Gasteiger partial charge in [0.15, 0.2) is 11.6 Å². The van der Waals surface area contributed by atoms with Gasteiger partial charge in [-0.15, -0.1) is 17.5 Å². The predicted molar refractivity (Wildman–Crippen MR) is 94.7 cm³/mol. The Morgan fingerprint density at radius 1 is 1.00 bits per heavy atom. The third-order valence-electron chi connectivity index (χ3n) is 4.33. The maximum Gasteiger partial charge on any atom is 0.241 e. The number of hydrogen-bond donors (Lipinski definition) is 1. The highest BCUT2D eigenvalue weighted by molar-refractivity contribution is 5.86. The number of ether oxygens (including phenoxy) is 1. The first-order valence-electron chi connectivity index (χ1n) is 8.13. The number of nitrogens with one attached hydrogen (secondary N) is 1. The van der Waals surface area contributed by atoms with Gasteiger partial charge < -0.3 is 10.1 Å². The lowest BCUT2D eigenvalue weighted by molar-refractivity contribution is 0.157. The number of fused-ring (bicyclic) bond motifs is 1. The molecule has 4 rings (SSSR count). The summed E-state index contributed by atoms with van der Waals surface area (Å²) in [6, 6.07) is 8.08. The van der Waals surface area contributed by atoms with E-state index in [0.29, 0.717) is 5.39 Å². The average molecular weight is 384 g/mol. The monoisotopic (exact) mass is 383 g/mol. The number of benzene rings is 2. The molecule has 138 valence electrons. The summed E-state index contributed by atoms with van der Waals surface area (Å²) in [6.45, 7) is 1.64. The van der Waals surface area contributed by atoms with Crippen LogP contribution in [-0.2, 0) is 0 Å². The zero-order chi connectivity index (χ0) is 17.4. The molecule has 1 aromatic heterocycles. The van der Waals surface area contributed by atoms with E-state index in [9.17, 15) is 13.2 Å². The lowest BCUT2D eigenvalue weighted by Crippen LogP contribution is -2.34. The molecule has 4 nitrogen and oxygen atoms in total. The fraction of sp³-hybridized carbons (Fsp3) is 0.278. The van der Waals surface area contributed by atoms with Crippen molar-refractivity contribution in [1.82, 2.24) is 15.1 Å². The number of nitrogens with zero attached hydrogens (tertiary/aromatic N) is 2. The van der Waals surface area contributed by atoms with Crippen LogP contribution in [0.5, 0.6) is 5.88 Å². The van der Waals surface area contributed by atoms with Crippen molar-refractivity contribution >= 4 is 23.3 Å². The number of hydrogen-bond acceptors (Lipinski definition) is 3. The van der Waals surface area contributed by atoms with Gasteiger partial charge in [0, 0.05) is 6.07 Å². The summed E-state index contributed by atoms with van der Waals surface area (Å²) < 4.78 is 48.8. The van der Waals surface area contributed by atoms with Crippen LogP contribution >= 0.6 is 12.4 Å². The molecule has 0 atom stereocenters. The van der Waals surface area contributed by atoms with E-state index in [0.717, 1.165) is 38.1 Å². The first kappa shape index (κ1) is 18.5. The van der Waals surface area contributed by atoms with Crippen molar-refractivity contribution in [2.24, 2.45) is 0 Å². The van der Waals surface area contributed by atoms with Crippen molar-refractivity contribution in [3.05, 3.63) is 53.8 Å². The molecule has 2 heterocycles. The predicted octanol–water partition coefficient (Wildman–Crippen LogP) is 4.00. The van der Waals surface area contributed by atoms with Gasteiger partial charge in [-0.05, 0) is 44.1 Å². The molecule has 2 aromatic carbocycles. The second kappa shape index (κ2) is 7.55. The Hall–Kier alpha value is -2.25. The maximum atomic E-state index is 14.2. The molecular formula is C18H17ClF3N3O. The van der Waals surface area contributed by atoms with E-state index < -0.39 is 17.5 Å². The van der Waals surface area contributed by atoms with E-state index in [1.54, 1.807) is 12.1 Å². The molecule has 1 N–H and O–H groups in total. The zero-order valence-corrected chi connectivity index (χ0v) is 14.5. The number of para-hydroxylation sites is 1. The summed E-state index contributed by atoms with van der Waals surface area (Å²) in [5.74, 6) is -2.33. The highest BCUT2D eigenvalue weighted by Gasteiger charge is 2.22. The molecule has 0 amide bonds. The quantitative estimate of drug-likeness (QED) is 0.743. The normalized spacial score (nSPS) is 15.0. The first-order valence-corrected chi connectivity index (χ1v) is 8.13. The van der Waals surface area contributed by atoms with Gasteiger partial charge in [-0.25, -0.2) is 17.9 Å². The molecule has 8 heteroatoms. The van der Waals surface area contributed by atoms with E-state index in [1.165, 1.54) is 16.8 Å². The van der Waals surface area contributed by atoms with Crippen LogP contribution in [0.15, 0.2) is 36.4 Å². The Morgan fingerprint density at radius 3 is 2.42 bits per heavy atom. The molecule has 1 fully saturated rings. The summed E-state index contributed by atoms with van der Waals surface area (Å²) in [4.78, 5) is 0. The van der Waals surface area contributed by atoms with Crippen LogP contribution in [0.4, 0.5) is 13.2 Å². The van der Waals surface area contributed by atoms with Gasteiger partial charge in [0.05, 0.1) is 10.9 Å². The summed E-state index contributed by atoms with van der Waals surface area (Å²) in [5.41, 5.74) is 0.409. The lowest BCUT2D eigenvalue weighted by atomic mass is 10.1. The van der Waals surface area contributed by atoms with Gasteiger partial charge in [0.2, 0.25) is 5.88 Å². The minimum Gasteiger partial charge on any atom is -0.473 e. The molecular weight excluding hydrogens is 367 g/mol. The molecule has 0 radical (unpaired) electrons. The Morgan fingerprint density at radius 2 is 1.69 bits per heavy atom. The van der Waals surface area contributed by atoms with Gasteiger partial charge >= 0.3 is 0 Å². The van der Waals surface area contributed by atoms with Crippen molar-refractivity contribution in [2.45, 2.75) is 18.9 Å². The van der Waals surface area contributed by atoms with E-state index in [1.807, 2.05) is 0 Å². The standard InChI is InChI=1S/C18H16F3N3O.ClH/c19-13-3-1-2-4-16(13)24-17-10-15(21)14(20)9-12(17)18(23-24)25-11-5-7-22-8-6-11;/h1-4,9-11,22H,5-8H2;1H. The zero-order valence-electron chi connectivity index (χ0n) is 13.7. The number of rotatable bonds is 3. The highest BCUT2D eigenvalue weighted by atomic mass is 35.5. The van der Waals surface area contributed by atoms with Gasteiger partial charge in [0.25, 0.3) is 0 Å². The molecule has 0 aliphatic carbocycles. The van der Waals surface area contributed by atoms with Crippen LogP contribution in [0.1, 0.15) is 12.8 Å². The van der Waals surface area contributed by atoms with Gasteiger partial charge in [-0.2, -0.15) is 0 Å². The average Bonchev–Trinajstić information content (AvgIpc) is 2.94. The Kier molecular flexibility index (Phi) is 5.38. The topological polar surface area (TPSA) is 39.1 Å². The molecule has 1 aliphatic heterocycles. The maximum absolute atomic E-state index is 14.2. The third-order valence-corrected chi connectivity index (χ3v) is 4.33. The van der Waals surface area contributed by atoms with Crippen LogP contribution < -0.4 is 10.1 Å². The third kappa shape index (κ3) is 3.37. The molecule has 26 heavy (non-hydrogen) atoms. The van der Waals surface area contributed by atoms with Crippen LogP contribution in [0.2, 0.25) is 0 Å². The minimum absolute atomic E-state index is 0. The Labute approximate surface area is 154 Å². The molecule has 0 unspecified atom stereocenters. The minimum atomic E-state index is -1.02. The summed E-state index contributed by atoms with van der Waals surface area (Å²) in [5, 5.41) is 7.85. The van der Waals surface area contributed by atoms with Crippen molar-refractivity contribution in [1.29, 1.82) is 0 Å². The van der Waals surface area contributed by atoms with Crippen LogP contribution in [0, 0.1) is 17.5 Å². The second-order valence-electron chi connectivity index (χ2n) is 6.02. The number of halogens is 4. The van der Waals surface area contributed by atoms with E-state index in [-0.39, 0.29) is 35.6 Å². The Balaban J connectivity index is 0.00000196. The van der Waals surface area contributed by atoms with E-state index in [2.05, 4.69) is 10.4 Å². The van der Waals surface area contributed by atoms with E-state index in [4.69, 9.17) is 4.74 Å². The fourth-order valence-corrected chi connectivity index (χ4v) is 3.05. The first-order chi connectivity index (χ1) is 12.1. The molecule has 0 bridgehead atoms. The van der Waals surface area contributed by atoms with E-state index >= 15 is 0 Å². The van der Waals surface area contributed by atoms with Crippen LogP contribution in [-0.4, -0.2) is 29.0 Å². The van der Waals surface area contributed by atoms with Crippen LogP contribution in [0.25, 0.3) is 16.6 Å². The fourth-order valence-electron chi connectivity index (χ4n) is 3.05. The SMILES string of the molecule is Cl.Fc1cc2c(OC3CCNCC3)nn(-c3ccccc3F)c2cc1F. The van der Waals surface area contributed by atoms with Crippen molar-refractivity contribution in [3.63, 3.8) is 0 Å². The molecule has 0 saturated carbocycles. The van der Waals surface area contributed by atoms with Crippen molar-refractivity contribution in [3.8, 4) is 11.6 Å². The molecule has 0 spiro atoms. The smallest absolute Gasteiger partial charge is 0.241 e. The Bertz CT molecular complexity index is 925. The second-order valence-corrected chi connectivity index (χ2v) is 6.02. The molecule has 1 aliphatic rings. The van der Waals surface area contributed by atoms with Crippen molar-refractivity contribution in [2.75, 3.05) is 13.1 Å². The highest BCUT2D eigenvalue weighted by Crippen LogP contribution is 2.31. The van der Waals surface area contributed by atoms with Gasteiger partial charge in [-0.1, -0.05) is 12.1 Å². The largest absolute Gasteiger partial charge is 0.473 e. The molecule has 1 saturated heterocycles. The van der Waals surface area contributed by atoms with Gasteiger partial charge in [-0.3, -0.25) is 0 Å². The number of piperidine rings is 1. The lowest BCUT2D eigenvalue weighted by Gasteiger charge is -2.22. The number of aromatic nitrogens is 2. The summed E-state index contributed by atoms with van der Waals surface area (Å²) in [6.07, 6.45) is 1.51. The van der Waals surface area contributed by atoms with Crippen molar-refractivity contribution < 1.29 is 17.9 Å². The van der Waals surface area contributed by atoms with Crippen LogP contribution in [0.3, 0.4) is 0 Å². The summed E-state index contributed by atoms with van der Waals surface area (Å²) in [7, 11) is 0. The molecule has 3 aromatic rings. The van der Waals surface area contributed by atoms with Gasteiger partial charge in [0.1, 0.15) is 17.6 Å².